The maximum atomic E-state index is 13.0. The van der Waals surface area contributed by atoms with Crippen LogP contribution in [-0.4, -0.2) is 24.6 Å². The summed E-state index contributed by atoms with van der Waals surface area (Å²) in [6, 6.07) is 4.41. The molecule has 0 aromatic heterocycles. The zero-order valence-electron chi connectivity index (χ0n) is 17.6. The Labute approximate surface area is 173 Å². The average molecular weight is 425 g/mol. The molecule has 0 saturated heterocycles. The lowest BCUT2D eigenvalue weighted by Crippen LogP contribution is -2.33. The van der Waals surface area contributed by atoms with Crippen LogP contribution in [0.2, 0.25) is 0 Å². The molecular formula is C22H26F3NO4. The number of rotatable bonds is 6. The van der Waals surface area contributed by atoms with Gasteiger partial charge in [0, 0.05) is 11.4 Å². The Morgan fingerprint density at radius 2 is 1.57 bits per heavy atom. The molecule has 0 radical (unpaired) electrons. The first-order valence-electron chi connectivity index (χ1n) is 9.71. The first-order valence-corrected chi connectivity index (χ1v) is 9.71. The third kappa shape index (κ3) is 5.23. The van der Waals surface area contributed by atoms with Crippen molar-refractivity contribution in [2.24, 2.45) is 0 Å². The van der Waals surface area contributed by atoms with Crippen LogP contribution in [0.25, 0.3) is 0 Å². The number of alkyl halides is 3. The topological polar surface area (TPSA) is 64.6 Å². The molecule has 0 amide bonds. The van der Waals surface area contributed by atoms with Gasteiger partial charge in [0.1, 0.15) is 0 Å². The summed E-state index contributed by atoms with van der Waals surface area (Å²) in [6.07, 6.45) is -4.30. The lowest BCUT2D eigenvalue weighted by Gasteiger charge is -2.31. The SMILES string of the molecule is CCCOC(=O)C1=C(C)NC(C)=C(C(=O)OC(C)C)C1c1ccc(C(F)(F)F)cc1. The highest BCUT2D eigenvalue weighted by Gasteiger charge is 2.39. The van der Waals surface area contributed by atoms with E-state index in [2.05, 4.69) is 5.32 Å². The van der Waals surface area contributed by atoms with Crippen molar-refractivity contribution < 1.29 is 32.2 Å². The smallest absolute Gasteiger partial charge is 0.416 e. The summed E-state index contributed by atoms with van der Waals surface area (Å²) < 4.78 is 49.6. The van der Waals surface area contributed by atoms with Crippen molar-refractivity contribution in [3.05, 3.63) is 57.9 Å². The number of ether oxygens (including phenoxy) is 2. The van der Waals surface area contributed by atoms with Crippen molar-refractivity contribution in [3.63, 3.8) is 0 Å². The van der Waals surface area contributed by atoms with Crippen LogP contribution < -0.4 is 5.32 Å². The fourth-order valence-electron chi connectivity index (χ4n) is 3.28. The summed E-state index contributed by atoms with van der Waals surface area (Å²) in [5.74, 6) is -2.19. The van der Waals surface area contributed by atoms with Crippen LogP contribution in [-0.2, 0) is 25.2 Å². The zero-order chi connectivity index (χ0) is 22.6. The van der Waals surface area contributed by atoms with E-state index in [1.54, 1.807) is 27.7 Å². The summed E-state index contributed by atoms with van der Waals surface area (Å²) in [7, 11) is 0. The number of carbonyl (C=O) groups is 2. The summed E-state index contributed by atoms with van der Waals surface area (Å²) in [5.41, 5.74) is 0.821. The maximum absolute atomic E-state index is 13.0. The summed E-state index contributed by atoms with van der Waals surface area (Å²) in [4.78, 5) is 25.6. The molecule has 2 rings (SSSR count). The van der Waals surface area contributed by atoms with Crippen LogP contribution in [0.15, 0.2) is 46.8 Å². The summed E-state index contributed by atoms with van der Waals surface area (Å²) in [6.45, 7) is 8.73. The van der Waals surface area contributed by atoms with Crippen LogP contribution in [0, 0.1) is 0 Å². The molecule has 0 fully saturated rings. The van der Waals surface area contributed by atoms with Crippen LogP contribution in [0.5, 0.6) is 0 Å². The van der Waals surface area contributed by atoms with Crippen LogP contribution in [0.4, 0.5) is 13.2 Å². The van der Waals surface area contributed by atoms with Crippen molar-refractivity contribution in [2.45, 2.75) is 59.2 Å². The van der Waals surface area contributed by atoms with Crippen LogP contribution in [0.3, 0.4) is 0 Å². The van der Waals surface area contributed by atoms with Gasteiger partial charge in [0.25, 0.3) is 0 Å². The van der Waals surface area contributed by atoms with Crippen molar-refractivity contribution >= 4 is 11.9 Å². The van der Waals surface area contributed by atoms with Gasteiger partial charge in [0.15, 0.2) is 0 Å². The molecule has 5 nitrogen and oxygen atoms in total. The molecular weight excluding hydrogens is 399 g/mol. The average Bonchev–Trinajstić information content (AvgIpc) is 2.64. The van der Waals surface area contributed by atoms with Crippen LogP contribution in [0.1, 0.15) is 58.1 Å². The zero-order valence-corrected chi connectivity index (χ0v) is 17.6. The number of nitrogens with one attached hydrogen (secondary N) is 1. The molecule has 164 valence electrons. The number of dihydropyridines is 1. The number of esters is 2. The Bertz CT molecular complexity index is 867. The molecule has 1 aromatic rings. The number of carbonyl (C=O) groups excluding carboxylic acids is 2. The molecule has 8 heteroatoms. The van der Waals surface area contributed by atoms with Gasteiger partial charge in [-0.3, -0.25) is 0 Å². The van der Waals surface area contributed by atoms with Gasteiger partial charge in [-0.15, -0.1) is 0 Å². The van der Waals surface area contributed by atoms with E-state index in [-0.39, 0.29) is 17.8 Å². The third-order valence-corrected chi connectivity index (χ3v) is 4.55. The molecule has 1 atom stereocenters. The molecule has 1 aliphatic rings. The highest BCUT2D eigenvalue weighted by atomic mass is 19.4. The quantitative estimate of drug-likeness (QED) is 0.661. The second-order valence-corrected chi connectivity index (χ2v) is 7.35. The van der Waals surface area contributed by atoms with Gasteiger partial charge in [0.05, 0.1) is 35.3 Å². The van der Waals surface area contributed by atoms with Crippen molar-refractivity contribution in [2.75, 3.05) is 6.61 Å². The van der Waals surface area contributed by atoms with E-state index in [1.165, 1.54) is 12.1 Å². The van der Waals surface area contributed by atoms with E-state index in [0.29, 0.717) is 23.4 Å². The molecule has 1 aliphatic heterocycles. The minimum Gasteiger partial charge on any atom is -0.462 e. The third-order valence-electron chi connectivity index (χ3n) is 4.55. The van der Waals surface area contributed by atoms with Crippen molar-refractivity contribution in [1.82, 2.24) is 5.32 Å². The van der Waals surface area contributed by atoms with Gasteiger partial charge in [0.2, 0.25) is 0 Å². The first-order chi connectivity index (χ1) is 14.0. The Morgan fingerprint density at radius 3 is 2.03 bits per heavy atom. The molecule has 1 N–H and O–H groups in total. The number of benzene rings is 1. The summed E-state index contributed by atoms with van der Waals surface area (Å²) >= 11 is 0. The Hall–Kier alpha value is -2.77. The molecule has 1 aromatic carbocycles. The van der Waals surface area contributed by atoms with E-state index >= 15 is 0 Å². The number of allylic oxidation sites excluding steroid dienone is 2. The lowest BCUT2D eigenvalue weighted by atomic mass is 9.80. The Kier molecular flexibility index (Phi) is 7.34. The first kappa shape index (κ1) is 23.5. The van der Waals surface area contributed by atoms with Crippen molar-refractivity contribution in [1.29, 1.82) is 0 Å². The number of hydrogen-bond acceptors (Lipinski definition) is 5. The van der Waals surface area contributed by atoms with E-state index in [4.69, 9.17) is 9.47 Å². The highest BCUT2D eigenvalue weighted by molar-refractivity contribution is 5.99. The lowest BCUT2D eigenvalue weighted by molar-refractivity contribution is -0.143. The predicted molar refractivity (Wildman–Crippen MR) is 105 cm³/mol. The van der Waals surface area contributed by atoms with Gasteiger partial charge in [-0.05, 0) is 51.8 Å². The molecule has 0 spiro atoms. The van der Waals surface area contributed by atoms with Gasteiger partial charge < -0.3 is 14.8 Å². The Balaban J connectivity index is 2.60. The molecule has 1 heterocycles. The minimum absolute atomic E-state index is 0.164. The highest BCUT2D eigenvalue weighted by Crippen LogP contribution is 2.40. The van der Waals surface area contributed by atoms with Gasteiger partial charge in [-0.1, -0.05) is 19.1 Å². The second-order valence-electron chi connectivity index (χ2n) is 7.35. The van der Waals surface area contributed by atoms with Crippen LogP contribution >= 0.6 is 0 Å². The molecule has 1 unspecified atom stereocenters. The largest absolute Gasteiger partial charge is 0.462 e. The number of hydrogen-bond donors (Lipinski definition) is 1. The maximum Gasteiger partial charge on any atom is 0.416 e. The van der Waals surface area contributed by atoms with E-state index in [0.717, 1.165) is 12.1 Å². The molecule has 0 saturated carbocycles. The predicted octanol–water partition coefficient (Wildman–Crippen LogP) is 4.85. The Morgan fingerprint density at radius 1 is 1.03 bits per heavy atom. The minimum atomic E-state index is -4.49. The number of halogens is 3. The standard InChI is InChI=1S/C22H26F3NO4/c1-6-11-29-20(27)17-13(4)26-14(5)18(21(28)30-12(2)3)19(17)15-7-9-16(10-8-15)22(23,24)25/h7-10,12,19,26H,6,11H2,1-5H3. The van der Waals surface area contributed by atoms with Crippen molar-refractivity contribution in [3.8, 4) is 0 Å². The van der Waals surface area contributed by atoms with E-state index in [9.17, 15) is 22.8 Å². The molecule has 30 heavy (non-hydrogen) atoms. The van der Waals surface area contributed by atoms with Gasteiger partial charge in [-0.2, -0.15) is 13.2 Å². The van der Waals surface area contributed by atoms with E-state index in [1.807, 2.05) is 6.92 Å². The summed E-state index contributed by atoms with van der Waals surface area (Å²) in [5, 5.41) is 3.00. The van der Waals surface area contributed by atoms with Gasteiger partial charge >= 0.3 is 18.1 Å². The second kappa shape index (κ2) is 9.36. The normalized spacial score (nSPS) is 17.2. The van der Waals surface area contributed by atoms with E-state index < -0.39 is 35.7 Å². The fourth-order valence-corrected chi connectivity index (χ4v) is 3.28. The molecule has 0 bridgehead atoms. The monoisotopic (exact) mass is 425 g/mol. The molecule has 0 aliphatic carbocycles. The van der Waals surface area contributed by atoms with Gasteiger partial charge in [-0.25, -0.2) is 9.59 Å². The fraction of sp³-hybridized carbons (Fsp3) is 0.455.